The summed E-state index contributed by atoms with van der Waals surface area (Å²) < 4.78 is 38.8. The molecule has 2 aromatic carbocycles. The van der Waals surface area contributed by atoms with Crippen LogP contribution in [0.15, 0.2) is 60.7 Å². The summed E-state index contributed by atoms with van der Waals surface area (Å²) in [6.07, 6.45) is 22.8. The van der Waals surface area contributed by atoms with Gasteiger partial charge >= 0.3 is 19.1 Å². The van der Waals surface area contributed by atoms with Gasteiger partial charge in [-0.05, 0) is 216 Å². The van der Waals surface area contributed by atoms with Crippen molar-refractivity contribution in [3.05, 3.63) is 123 Å². The summed E-state index contributed by atoms with van der Waals surface area (Å²) in [5, 5.41) is 38.7. The van der Waals surface area contributed by atoms with Crippen LogP contribution < -0.4 is 10.8 Å². The van der Waals surface area contributed by atoms with Crippen molar-refractivity contribution < 1.29 is 52.9 Å². The summed E-state index contributed by atoms with van der Waals surface area (Å²) in [6.45, 7) is 4.95. The lowest BCUT2D eigenvalue weighted by Crippen LogP contribution is -2.34. The molecular weight excluding hydrogens is 921 g/mol. The Kier molecular flexibility index (Phi) is 21.2. The number of aldehydes is 1. The van der Waals surface area contributed by atoms with Crippen molar-refractivity contribution in [2.24, 2.45) is 0 Å². The molecular formula is C56H73BF2N4O9. The van der Waals surface area contributed by atoms with Gasteiger partial charge in [0.05, 0.1) is 12.2 Å². The number of aliphatic carboxylic acids is 2. The third-order valence-corrected chi connectivity index (χ3v) is 14.4. The molecule has 2 aromatic heterocycles. The van der Waals surface area contributed by atoms with Crippen molar-refractivity contribution >= 4 is 30.8 Å². The highest BCUT2D eigenvalue weighted by atomic mass is 19.1. The van der Waals surface area contributed by atoms with Crippen LogP contribution >= 0.6 is 0 Å². The first-order valence-electron chi connectivity index (χ1n) is 26.4. The lowest BCUT2D eigenvalue weighted by molar-refractivity contribution is -0.143. The SMILES string of the molecule is O=C(O)C(c1cc(F)ccc1C1CC1)N1CC[C@@H](OCCCCc2ccc3c(n2)CCCC3)C1.O=CC(=O)O.OB(O)c1cc(F)ccc1C1CC1.c1cc2c(nc1CCCCO[C@@H]1CCNC1)CCCC2. The van der Waals surface area contributed by atoms with Gasteiger partial charge in [-0.2, -0.15) is 0 Å². The maximum atomic E-state index is 14.0. The van der Waals surface area contributed by atoms with E-state index in [9.17, 15) is 18.7 Å². The molecule has 6 aliphatic rings. The van der Waals surface area contributed by atoms with Crippen LogP contribution in [0.1, 0.15) is 158 Å². The number of aryl methyl sites for hydroxylation is 6. The van der Waals surface area contributed by atoms with E-state index in [1.165, 1.54) is 116 Å². The van der Waals surface area contributed by atoms with Gasteiger partial charge in [-0.15, -0.1) is 0 Å². The molecule has 4 fully saturated rings. The number of likely N-dealkylation sites (tertiary alicyclic amines) is 1. The Hall–Kier alpha value is -4.97. The average Bonchev–Trinajstić information content (AvgIpc) is 4.31. The summed E-state index contributed by atoms with van der Waals surface area (Å²) in [4.78, 5) is 41.8. The predicted octanol–water partition coefficient (Wildman–Crippen LogP) is 7.53. The fourth-order valence-electron chi connectivity index (χ4n) is 10.3. The summed E-state index contributed by atoms with van der Waals surface area (Å²) >= 11 is 0. The fraction of sp³-hybridized carbons (Fsp3) is 0.554. The number of aromatic nitrogens is 2. The highest BCUT2D eigenvalue weighted by Crippen LogP contribution is 2.44. The van der Waals surface area contributed by atoms with Crippen molar-refractivity contribution in [3.8, 4) is 0 Å². The molecule has 1 unspecified atom stereocenters. The zero-order valence-corrected chi connectivity index (χ0v) is 41.6. The summed E-state index contributed by atoms with van der Waals surface area (Å²) in [6, 6.07) is 17.0. The number of carbonyl (C=O) groups excluding carboxylic acids is 1. The number of pyridine rings is 2. The van der Waals surface area contributed by atoms with E-state index in [4.69, 9.17) is 44.2 Å². The summed E-state index contributed by atoms with van der Waals surface area (Å²) in [5.41, 5.74) is 10.8. The van der Waals surface area contributed by atoms with Gasteiger partial charge in [-0.3, -0.25) is 24.5 Å². The van der Waals surface area contributed by atoms with Gasteiger partial charge in [0.25, 0.3) is 0 Å². The molecule has 2 saturated carbocycles. The Morgan fingerprint density at radius 2 is 1.25 bits per heavy atom. The Labute approximate surface area is 423 Å². The number of rotatable bonds is 19. The second-order valence-electron chi connectivity index (χ2n) is 20.1. The van der Waals surface area contributed by atoms with E-state index in [0.29, 0.717) is 48.7 Å². The summed E-state index contributed by atoms with van der Waals surface area (Å²) in [5.74, 6) is -2.36. The maximum absolute atomic E-state index is 14.0. The number of hydrogen-bond donors (Lipinski definition) is 5. The van der Waals surface area contributed by atoms with Gasteiger partial charge in [0.1, 0.15) is 17.7 Å². The molecule has 388 valence electrons. The molecule has 13 nitrogen and oxygen atoms in total. The van der Waals surface area contributed by atoms with E-state index in [2.05, 4.69) is 29.6 Å². The molecule has 4 heterocycles. The van der Waals surface area contributed by atoms with E-state index in [1.807, 2.05) is 4.90 Å². The van der Waals surface area contributed by atoms with Crippen LogP contribution in [-0.2, 0) is 62.4 Å². The van der Waals surface area contributed by atoms with Gasteiger partial charge in [0.15, 0.2) is 0 Å². The predicted molar refractivity (Wildman–Crippen MR) is 271 cm³/mol. The number of benzene rings is 2. The van der Waals surface area contributed by atoms with E-state index in [-0.39, 0.29) is 18.2 Å². The molecule has 0 radical (unpaired) electrons. The van der Waals surface area contributed by atoms with Gasteiger partial charge in [-0.25, -0.2) is 13.6 Å². The molecule has 4 aromatic rings. The fourth-order valence-corrected chi connectivity index (χ4v) is 10.3. The van der Waals surface area contributed by atoms with Crippen molar-refractivity contribution in [3.63, 3.8) is 0 Å². The van der Waals surface area contributed by atoms with Crippen LogP contribution in [0.2, 0.25) is 0 Å². The molecule has 5 N–H and O–H groups in total. The molecule has 16 heteroatoms. The molecule has 2 saturated heterocycles. The normalized spacial score (nSPS) is 19.5. The molecule has 0 spiro atoms. The average molecular weight is 995 g/mol. The number of unbranched alkanes of at least 4 members (excludes halogenated alkanes) is 2. The first kappa shape index (κ1) is 54.8. The van der Waals surface area contributed by atoms with Crippen molar-refractivity contribution in [1.29, 1.82) is 0 Å². The van der Waals surface area contributed by atoms with E-state index >= 15 is 0 Å². The van der Waals surface area contributed by atoms with Gasteiger partial charge in [0.2, 0.25) is 6.29 Å². The molecule has 0 bridgehead atoms. The number of halogens is 2. The standard InChI is InChI=1S/C28H35FN2O3.C17H26N2O.C9H10BFO2.C2H2O3/c29-21-11-13-24(19-8-9-19)25(17-21)27(28(32)33)31-15-14-23(18-31)34-16-4-3-6-22-12-10-20-5-1-2-7-26(20)30-22;1-2-7-17-14(5-1)8-9-15(19-17)6-3-4-12-20-16-10-11-18-13-16;11-7-3-4-8(6-1-2-6)9(5-7)10(12)13;3-1-2(4)5/h10-13,17,19,23,27H,1-9,14-16,18H2,(H,32,33);8-9,16,18H,1-7,10-13H2;3-6,12-13H,1-2H2;1H,(H,4,5)/t23-,27?;16-;;/m11../s1. The maximum Gasteiger partial charge on any atom is 0.488 e. The lowest BCUT2D eigenvalue weighted by atomic mass is 9.76. The second kappa shape index (κ2) is 27.9. The van der Waals surface area contributed by atoms with Crippen LogP contribution in [0.4, 0.5) is 8.78 Å². The van der Waals surface area contributed by atoms with Gasteiger partial charge in [-0.1, -0.05) is 24.3 Å². The largest absolute Gasteiger partial charge is 0.488 e. The minimum absolute atomic E-state index is 0.0293. The molecule has 10 rings (SSSR count). The highest BCUT2D eigenvalue weighted by molar-refractivity contribution is 6.59. The molecule has 72 heavy (non-hydrogen) atoms. The van der Waals surface area contributed by atoms with Crippen LogP contribution in [-0.4, -0.2) is 112 Å². The third-order valence-electron chi connectivity index (χ3n) is 14.4. The first-order chi connectivity index (χ1) is 34.9. The Balaban J connectivity index is 0.000000168. The van der Waals surface area contributed by atoms with E-state index < -0.39 is 30.9 Å². The number of carboxylic acids is 2. The van der Waals surface area contributed by atoms with Crippen LogP contribution in [0.25, 0.3) is 0 Å². The monoisotopic (exact) mass is 995 g/mol. The number of carbonyl (C=O) groups is 3. The number of ether oxygens (including phenoxy) is 2. The number of fused-ring (bicyclic) bond motifs is 2. The highest BCUT2D eigenvalue weighted by Gasteiger charge is 2.38. The van der Waals surface area contributed by atoms with Gasteiger partial charge in [0, 0.05) is 55.6 Å². The van der Waals surface area contributed by atoms with Crippen LogP contribution in [0.5, 0.6) is 0 Å². The van der Waals surface area contributed by atoms with Crippen molar-refractivity contribution in [2.75, 3.05) is 39.4 Å². The molecule has 2 aliphatic heterocycles. The first-order valence-corrected chi connectivity index (χ1v) is 26.4. The van der Waals surface area contributed by atoms with Crippen LogP contribution in [0, 0.1) is 11.6 Å². The number of nitrogens with one attached hydrogen (secondary N) is 1. The third kappa shape index (κ3) is 17.1. The minimum atomic E-state index is -1.56. The smallest absolute Gasteiger partial charge is 0.480 e. The number of nitrogens with zero attached hydrogens (tertiary/aromatic N) is 3. The molecule has 0 amide bonds. The van der Waals surface area contributed by atoms with E-state index in [1.54, 1.807) is 12.1 Å². The van der Waals surface area contributed by atoms with Gasteiger partial charge < -0.3 is 35.1 Å². The summed E-state index contributed by atoms with van der Waals surface area (Å²) in [7, 11) is -1.56. The zero-order valence-electron chi connectivity index (χ0n) is 41.6. The topological polar surface area (TPSA) is 192 Å². The number of hydrogen-bond acceptors (Lipinski definition) is 11. The quantitative estimate of drug-likeness (QED) is 0.0268. The van der Waals surface area contributed by atoms with E-state index in [0.717, 1.165) is 101 Å². The lowest BCUT2D eigenvalue weighted by Gasteiger charge is -2.26. The van der Waals surface area contributed by atoms with Crippen LogP contribution in [0.3, 0.4) is 0 Å². The van der Waals surface area contributed by atoms with Crippen molar-refractivity contribution in [2.45, 2.75) is 159 Å². The Morgan fingerprint density at radius 3 is 1.78 bits per heavy atom. The molecule has 3 atom stereocenters. The second-order valence-corrected chi connectivity index (χ2v) is 20.1. The zero-order chi connectivity index (χ0) is 50.8. The number of carboxylic acid groups (broad SMARTS) is 2. The molecule has 4 aliphatic carbocycles. The Morgan fingerprint density at radius 1 is 0.708 bits per heavy atom. The minimum Gasteiger partial charge on any atom is -0.480 e. The van der Waals surface area contributed by atoms with Crippen molar-refractivity contribution in [1.82, 2.24) is 20.2 Å². The Bertz CT molecular complexity index is 2400.